The quantitative estimate of drug-likeness (QED) is 0.0324. The number of hydrogen-bond acceptors (Lipinski definition) is 38. The van der Waals surface area contributed by atoms with Gasteiger partial charge in [-0.3, -0.25) is 31.9 Å². The third-order valence-electron chi connectivity index (χ3n) is 12.2. The van der Waals surface area contributed by atoms with Crippen LogP contribution in [0.1, 0.15) is 0 Å². The Labute approximate surface area is 487 Å². The Morgan fingerprint density at radius 1 is 0.402 bits per heavy atom. The third kappa shape index (κ3) is 21.2. The van der Waals surface area contributed by atoms with Gasteiger partial charge in [0, 0.05) is 7.11 Å². The topological polar surface area (TPSA) is 765 Å². The van der Waals surface area contributed by atoms with E-state index in [1.165, 1.54) is 4.72 Å². The molecular weight excluding hydrogens is 1370 g/mol. The minimum absolute atomic E-state index is 0.750. The normalized spacial score (nSPS) is 39.7. The summed E-state index contributed by atoms with van der Waals surface area (Å²) in [5.74, 6) is -4.73. The van der Waals surface area contributed by atoms with Gasteiger partial charge >= 0.3 is 84.5 Å². The van der Waals surface area contributed by atoms with Gasteiger partial charge in [-0.2, -0.15) is 68.4 Å². The molecule has 0 aromatic heterocycles. The Balaban J connectivity index is 1.58. The van der Waals surface area contributed by atoms with E-state index in [2.05, 4.69) is 20.9 Å². The molecule has 56 heteroatoms. The molecule has 5 heterocycles. The van der Waals surface area contributed by atoms with E-state index < -0.39 is 258 Å². The number of aliphatic hydroxyl groups is 6. The van der Waals surface area contributed by atoms with Crippen molar-refractivity contribution in [3.63, 3.8) is 0 Å². The Hall–Kier alpha value is -2.65. The molecular formula is C31H53N3O46S7. The molecule has 49 nitrogen and oxygen atoms in total. The monoisotopic (exact) mass is 1430 g/mol. The van der Waals surface area contributed by atoms with E-state index in [0.29, 0.717) is 0 Å². The number of nitrogens with two attached hydrogens (primary N) is 1. The highest BCUT2D eigenvalue weighted by Crippen LogP contribution is 2.38. The molecule has 25 atom stereocenters. The molecule has 5 fully saturated rings. The maximum absolute atomic E-state index is 13.0. The number of methoxy groups -OCH3 is 1. The first kappa shape index (κ1) is 75.1. The molecule has 0 aromatic carbocycles. The van der Waals surface area contributed by atoms with Crippen LogP contribution in [0, 0.1) is 0 Å². The van der Waals surface area contributed by atoms with E-state index in [-0.39, 0.29) is 0 Å². The lowest BCUT2D eigenvalue weighted by atomic mass is 9.94. The summed E-state index contributed by atoms with van der Waals surface area (Å²) < 4.78 is 312. The third-order valence-corrected chi connectivity index (χ3v) is 15.6. The highest BCUT2D eigenvalue weighted by molar-refractivity contribution is 7.84. The second-order valence-corrected chi connectivity index (χ2v) is 25.9. The van der Waals surface area contributed by atoms with Crippen molar-refractivity contribution in [2.75, 3.05) is 26.9 Å². The first-order valence-electron chi connectivity index (χ1n) is 22.9. The Morgan fingerprint density at radius 2 is 0.793 bits per heavy atom. The van der Waals surface area contributed by atoms with Gasteiger partial charge in [0.05, 0.1) is 25.9 Å². The van der Waals surface area contributed by atoms with Gasteiger partial charge in [0.2, 0.25) is 0 Å². The predicted octanol–water partition coefficient (Wildman–Crippen LogP) is -13.2. The molecule has 5 saturated heterocycles. The van der Waals surface area contributed by atoms with Crippen LogP contribution in [-0.4, -0.2) is 324 Å². The number of ether oxygens (including phenoxy) is 10. The van der Waals surface area contributed by atoms with E-state index in [9.17, 15) is 137 Å². The molecule has 510 valence electrons. The molecule has 0 saturated carbocycles. The number of carbonyl (C=O) groups is 2. The molecule has 0 bridgehead atoms. The molecule has 0 radical (unpaired) electrons. The van der Waals surface area contributed by atoms with E-state index in [0.717, 1.165) is 11.8 Å². The Kier molecular flexibility index (Phi) is 24.8. The lowest BCUT2D eigenvalue weighted by Crippen LogP contribution is -2.71. The largest absolute Gasteiger partial charge is 0.479 e. The van der Waals surface area contributed by atoms with Crippen LogP contribution in [-0.2, 0) is 150 Å². The van der Waals surface area contributed by atoms with Gasteiger partial charge in [-0.1, -0.05) is 0 Å². The summed E-state index contributed by atoms with van der Waals surface area (Å²) in [6, 6.07) is -7.50. The standard InChI is InChI=1S/C31H53N3O46S7/c1-66-28-9(33-81(45,46)47)13(37)17(6(71-28)3-68-84(54,55)56)73-31-22(80-87(63,64)65)16(40)21(24(78-31)26(43)44)76-29-10(34-82(48,49)50)19(79-86(60,61)62)18(7(72-29)4-69-85(57,58)59)74-30-15(39)14(38)20(23(77-30)25(41)42)75-27-8(32)12(36)11(35)5(70-27)2-67-83(51,52)53/h5-24,27-31,33-40H,2-4,32H2,1H3,(H,41,42)(H,43,44)(H,45,46,47)(H,48,49,50)(H,51,52,53)(H,54,55,56)(H,57,58,59)(H,60,61,62)(H,63,64,65)/t5-,6-,7-,8-,9-,10-,11-,12-,13-,14-,15-,16+,17-,18-,19-,20+,21?,22-,23+,24-,27-,28+,29?,30-,31-/m1/s1. The van der Waals surface area contributed by atoms with Gasteiger partial charge in [-0.15, -0.1) is 0 Å². The number of carboxylic acids is 2. The number of rotatable bonds is 28. The first-order chi connectivity index (χ1) is 39.5. The van der Waals surface area contributed by atoms with Crippen molar-refractivity contribution in [3.8, 4) is 0 Å². The average Bonchev–Trinajstić information content (AvgIpc) is 0.861. The van der Waals surface area contributed by atoms with Crippen LogP contribution in [0.4, 0.5) is 0 Å². The zero-order valence-corrected chi connectivity index (χ0v) is 48.1. The molecule has 0 amide bonds. The van der Waals surface area contributed by atoms with Crippen molar-refractivity contribution < 1.29 is 210 Å². The van der Waals surface area contributed by atoms with Crippen molar-refractivity contribution in [3.05, 3.63) is 0 Å². The molecule has 5 aliphatic heterocycles. The van der Waals surface area contributed by atoms with Gasteiger partial charge in [-0.25, -0.2) is 30.5 Å². The van der Waals surface area contributed by atoms with Crippen LogP contribution in [0.5, 0.6) is 0 Å². The highest BCUT2D eigenvalue weighted by Gasteiger charge is 2.61. The van der Waals surface area contributed by atoms with Gasteiger partial charge in [0.25, 0.3) is 0 Å². The van der Waals surface area contributed by atoms with Crippen LogP contribution in [0.2, 0.25) is 0 Å². The molecule has 5 aliphatic rings. The van der Waals surface area contributed by atoms with Crippen molar-refractivity contribution in [2.24, 2.45) is 5.73 Å². The second-order valence-electron chi connectivity index (χ2n) is 18.2. The number of nitrogens with one attached hydrogen (secondary N) is 2. The van der Waals surface area contributed by atoms with E-state index in [1.807, 2.05) is 0 Å². The molecule has 5 rings (SSSR count). The molecule has 87 heavy (non-hydrogen) atoms. The fourth-order valence-corrected chi connectivity index (χ4v) is 11.8. The number of aliphatic carboxylic acids is 2. The lowest BCUT2D eigenvalue weighted by molar-refractivity contribution is -0.372. The van der Waals surface area contributed by atoms with Gasteiger partial charge < -0.3 is 94.0 Å². The maximum Gasteiger partial charge on any atom is 0.397 e. The number of carboxylic acid groups (broad SMARTS) is 2. The number of aliphatic hydroxyl groups excluding tert-OH is 6. The minimum Gasteiger partial charge on any atom is -0.479 e. The average molecular weight is 1430 g/mol. The SMILES string of the molecule is CO[C@H]1O[C@H](COS(=O)(=O)O)[C@@H](O[C@@H]2O[C@@H](C(=O)O)C(OC3O[C@H](COS(=O)(=O)O)[C@@H](O[C@@H]4O[C@H](C(=O)O)[C@@H](O[C@H]5O[C@H](COS(=O)(=O)O)[C@@H](O)[C@H](O)[C@H]5N)[C@H](O)[C@H]4O)[C@H](OS(=O)(=O)O)[C@H]3NS(=O)(=O)O)[C@H](O)[C@H]2OS(=O)(=O)O)[C@H](O)[C@H]1NS(=O)(=O)O. The molecule has 0 spiro atoms. The first-order valence-corrected chi connectivity index (χ1v) is 32.6. The van der Waals surface area contributed by atoms with Gasteiger partial charge in [0.15, 0.2) is 49.8 Å². The summed E-state index contributed by atoms with van der Waals surface area (Å²) in [5.41, 5.74) is 5.82. The summed E-state index contributed by atoms with van der Waals surface area (Å²) in [6.07, 6.45) is -60.5. The Bertz CT molecular complexity index is 3210. The van der Waals surface area contributed by atoms with Crippen LogP contribution in [0.25, 0.3) is 0 Å². The van der Waals surface area contributed by atoms with E-state index in [4.69, 9.17) is 57.7 Å². The minimum atomic E-state index is -6.29. The summed E-state index contributed by atoms with van der Waals surface area (Å²) in [6.45, 7) is -4.78. The summed E-state index contributed by atoms with van der Waals surface area (Å²) in [5, 5.41) is 87.1. The van der Waals surface area contributed by atoms with Gasteiger partial charge in [-0.05, 0) is 0 Å². The molecule has 19 N–H and O–H groups in total. The van der Waals surface area contributed by atoms with E-state index in [1.54, 1.807) is 0 Å². The maximum atomic E-state index is 13.0. The molecule has 0 aromatic rings. The molecule has 2 unspecified atom stereocenters. The lowest BCUT2D eigenvalue weighted by Gasteiger charge is -2.50. The fourth-order valence-electron chi connectivity index (χ4n) is 8.71. The van der Waals surface area contributed by atoms with Crippen molar-refractivity contribution in [1.29, 1.82) is 0 Å². The van der Waals surface area contributed by atoms with Crippen LogP contribution >= 0.6 is 0 Å². The predicted molar refractivity (Wildman–Crippen MR) is 251 cm³/mol. The molecule has 0 aliphatic carbocycles. The summed E-state index contributed by atoms with van der Waals surface area (Å²) in [7, 11) is -39.9. The van der Waals surface area contributed by atoms with E-state index >= 15 is 0 Å². The van der Waals surface area contributed by atoms with Crippen LogP contribution in [0.15, 0.2) is 0 Å². The van der Waals surface area contributed by atoms with Crippen LogP contribution in [0.3, 0.4) is 0 Å². The van der Waals surface area contributed by atoms with Crippen LogP contribution < -0.4 is 15.2 Å². The number of hydrogen-bond donors (Lipinski definition) is 18. The Morgan fingerprint density at radius 3 is 1.25 bits per heavy atom. The fraction of sp³-hybridized carbons (Fsp3) is 0.935. The second kappa shape index (κ2) is 28.7. The highest BCUT2D eigenvalue weighted by atomic mass is 32.3. The van der Waals surface area contributed by atoms with Crippen molar-refractivity contribution >= 4 is 84.5 Å². The van der Waals surface area contributed by atoms with Gasteiger partial charge in [0.1, 0.15) is 97.5 Å². The van der Waals surface area contributed by atoms with Crippen molar-refractivity contribution in [1.82, 2.24) is 9.44 Å². The summed E-state index contributed by atoms with van der Waals surface area (Å²) >= 11 is 0. The zero-order chi connectivity index (χ0) is 66.2. The zero-order valence-electron chi connectivity index (χ0n) is 42.4. The van der Waals surface area contributed by atoms with Crippen molar-refractivity contribution in [2.45, 2.75) is 153 Å². The smallest absolute Gasteiger partial charge is 0.397 e. The summed E-state index contributed by atoms with van der Waals surface area (Å²) in [4.78, 5) is 25.7.